The van der Waals surface area contributed by atoms with Crippen LogP contribution in [0.25, 0.3) is 0 Å². The number of aryl methyl sites for hydroxylation is 11. The third-order valence-corrected chi connectivity index (χ3v) is 6.49. The number of hydrogen-bond acceptors (Lipinski definition) is 8. The predicted molar refractivity (Wildman–Crippen MR) is 240 cm³/mol. The van der Waals surface area contributed by atoms with Gasteiger partial charge in [-0.15, -0.1) is 11.3 Å². The second-order valence-corrected chi connectivity index (χ2v) is 10.9. The highest BCUT2D eigenvalue weighted by molar-refractivity contribution is 7.09. The van der Waals surface area contributed by atoms with E-state index in [9.17, 15) is 0 Å². The minimum Gasteiger partial charge on any atom is -0.470 e. The third kappa shape index (κ3) is 37.8. The molecule has 8 heteroatoms. The van der Waals surface area contributed by atoms with E-state index in [-0.39, 0.29) is 0 Å². The number of rotatable bonds is 0. The molecule has 5 heterocycles. The first-order valence-electron chi connectivity index (χ1n) is 19.8. The van der Waals surface area contributed by atoms with Gasteiger partial charge in [-0.05, 0) is 92.3 Å². The van der Waals surface area contributed by atoms with Crippen LogP contribution >= 0.6 is 11.3 Å². The highest BCUT2D eigenvalue weighted by Crippen LogP contribution is 2.08. The Kier molecular flexibility index (Phi) is 52.0. The first-order valence-corrected chi connectivity index (χ1v) is 20.7. The molecule has 0 aromatic carbocycles. The van der Waals surface area contributed by atoms with Crippen molar-refractivity contribution in [2.24, 2.45) is 0 Å². The van der Waals surface area contributed by atoms with E-state index in [0.29, 0.717) is 0 Å². The molecule has 0 spiro atoms. The van der Waals surface area contributed by atoms with Crippen LogP contribution in [0.3, 0.4) is 0 Å². The van der Waals surface area contributed by atoms with Crippen molar-refractivity contribution >= 4 is 11.3 Å². The standard InChI is InChI=1S/3C6H9NO.C6H8.C5H6O.C5H6S.6C2H6/c3*1-4-5(2)8-6(3)7-4;1-6-4-2-3-5-6;2*1-5-3-2-4-6-5;6*1-2/h3*1-3H3;2-4H,5H2,1H3;2*2-4H,1H3;6*1-2H3. The maximum absolute atomic E-state index is 5.10. The number of allylic oxidation sites excluding steroid dienone is 4. The second kappa shape index (κ2) is 45.2. The van der Waals surface area contributed by atoms with E-state index < -0.39 is 0 Å². The summed E-state index contributed by atoms with van der Waals surface area (Å²) >= 11 is 1.78. The summed E-state index contributed by atoms with van der Waals surface area (Å²) in [6, 6.07) is 7.94. The minimum atomic E-state index is 0.750. The molecule has 0 N–H and O–H groups in total. The molecule has 312 valence electrons. The molecule has 7 nitrogen and oxygen atoms in total. The fraction of sp³-hybridized carbons (Fsp3) is 0.543. The average Bonchev–Trinajstić information content (AvgIpc) is 4.07. The van der Waals surface area contributed by atoms with E-state index in [2.05, 4.69) is 64.5 Å². The Morgan fingerprint density at radius 3 is 0.944 bits per heavy atom. The quantitative estimate of drug-likeness (QED) is 0.155. The van der Waals surface area contributed by atoms with E-state index >= 15 is 0 Å². The Morgan fingerprint density at radius 1 is 0.500 bits per heavy atom. The Labute approximate surface area is 337 Å². The zero-order valence-corrected chi connectivity index (χ0v) is 40.1. The van der Waals surface area contributed by atoms with Crippen molar-refractivity contribution in [2.75, 3.05) is 0 Å². The average molecular weight is 774 g/mol. The van der Waals surface area contributed by atoms with E-state index in [0.717, 1.165) is 57.8 Å². The molecular formula is C46H83N3O4S. The number of aromatic nitrogens is 3. The van der Waals surface area contributed by atoms with E-state index in [4.69, 9.17) is 17.7 Å². The number of furan rings is 1. The van der Waals surface area contributed by atoms with Gasteiger partial charge in [-0.25, -0.2) is 15.0 Å². The van der Waals surface area contributed by atoms with Gasteiger partial charge in [0.1, 0.15) is 23.0 Å². The topological polar surface area (TPSA) is 91.2 Å². The molecule has 0 radical (unpaired) electrons. The molecule has 1 aliphatic carbocycles. The Hall–Kier alpha value is -3.91. The highest BCUT2D eigenvalue weighted by Gasteiger charge is 1.99. The summed E-state index contributed by atoms with van der Waals surface area (Å²) in [7, 11) is 0. The van der Waals surface area contributed by atoms with E-state index in [1.54, 1.807) is 17.6 Å². The normalized spacial score (nSPS) is 9.07. The van der Waals surface area contributed by atoms with Crippen LogP contribution < -0.4 is 0 Å². The molecule has 0 aliphatic heterocycles. The Morgan fingerprint density at radius 2 is 0.870 bits per heavy atom. The first kappa shape index (κ1) is 62.1. The zero-order chi connectivity index (χ0) is 43.7. The molecule has 0 saturated heterocycles. The SMILES string of the molecule is CC.CC.CC.CC.CC.CC.CC1=CC=CC1.Cc1ccco1.Cc1cccs1.Cc1nc(C)c(C)o1.Cc1nc(C)c(C)o1.Cc1nc(C)c(C)o1. The fourth-order valence-electron chi connectivity index (χ4n) is 3.18. The van der Waals surface area contributed by atoms with Gasteiger partial charge in [-0.3, -0.25) is 0 Å². The second-order valence-electron chi connectivity index (χ2n) is 9.72. The van der Waals surface area contributed by atoms with E-state index in [1.807, 2.05) is 164 Å². The molecule has 0 fully saturated rings. The van der Waals surface area contributed by atoms with Crippen molar-refractivity contribution in [2.45, 2.75) is 173 Å². The van der Waals surface area contributed by atoms with Gasteiger partial charge < -0.3 is 17.7 Å². The summed E-state index contributed by atoms with van der Waals surface area (Å²) in [6.07, 6.45) is 9.22. The Balaban J connectivity index is -0.000000121. The smallest absolute Gasteiger partial charge is 0.191 e. The lowest BCUT2D eigenvalue weighted by molar-refractivity contribution is 0.493. The third-order valence-electron chi connectivity index (χ3n) is 5.69. The van der Waals surface area contributed by atoms with Crippen molar-refractivity contribution in [1.82, 2.24) is 15.0 Å². The molecule has 0 amide bonds. The van der Waals surface area contributed by atoms with Crippen LogP contribution in [0.1, 0.15) is 159 Å². The predicted octanol–water partition coefficient (Wildman–Crippen LogP) is 16.5. The maximum atomic E-state index is 5.10. The van der Waals surface area contributed by atoms with Gasteiger partial charge in [0, 0.05) is 25.6 Å². The summed E-state index contributed by atoms with van der Waals surface area (Å²) in [5, 5.41) is 2.08. The molecule has 5 aromatic heterocycles. The summed E-state index contributed by atoms with van der Waals surface area (Å²) < 4.78 is 20.1. The Bertz CT molecular complexity index is 1270. The van der Waals surface area contributed by atoms with Gasteiger partial charge in [0.2, 0.25) is 0 Å². The van der Waals surface area contributed by atoms with Gasteiger partial charge in [-0.2, -0.15) is 0 Å². The maximum Gasteiger partial charge on any atom is 0.191 e. The molecule has 0 atom stereocenters. The highest BCUT2D eigenvalue weighted by atomic mass is 32.1. The van der Waals surface area contributed by atoms with Gasteiger partial charge in [0.25, 0.3) is 0 Å². The summed E-state index contributed by atoms with van der Waals surface area (Å²) in [5.41, 5.74) is 4.43. The van der Waals surface area contributed by atoms with Crippen molar-refractivity contribution in [1.29, 1.82) is 0 Å². The molecule has 1 aliphatic rings. The minimum absolute atomic E-state index is 0.750. The monoisotopic (exact) mass is 774 g/mol. The molecule has 5 aromatic rings. The lowest BCUT2D eigenvalue weighted by Crippen LogP contribution is -1.71. The van der Waals surface area contributed by atoms with Crippen LogP contribution in [0, 0.1) is 76.2 Å². The van der Waals surface area contributed by atoms with Gasteiger partial charge >= 0.3 is 0 Å². The van der Waals surface area contributed by atoms with Crippen LogP contribution in [0.5, 0.6) is 0 Å². The number of thiophene rings is 1. The lowest BCUT2D eigenvalue weighted by Gasteiger charge is -1.78. The first-order chi connectivity index (χ1) is 25.8. The molecular weight excluding hydrogens is 691 g/mol. The molecule has 6 rings (SSSR count). The lowest BCUT2D eigenvalue weighted by atomic mass is 10.3. The molecule has 0 bridgehead atoms. The van der Waals surface area contributed by atoms with Crippen molar-refractivity contribution < 1.29 is 17.7 Å². The molecule has 0 saturated carbocycles. The van der Waals surface area contributed by atoms with Crippen LogP contribution in [-0.4, -0.2) is 15.0 Å². The number of nitrogens with zero attached hydrogens (tertiary/aromatic N) is 3. The number of hydrogen-bond donors (Lipinski definition) is 0. The van der Waals surface area contributed by atoms with Crippen molar-refractivity contribution in [3.05, 3.63) is 122 Å². The summed E-state index contributed by atoms with van der Waals surface area (Å²) in [4.78, 5) is 13.5. The van der Waals surface area contributed by atoms with Crippen LogP contribution in [0.4, 0.5) is 0 Å². The molecule has 54 heavy (non-hydrogen) atoms. The molecule has 0 unspecified atom stereocenters. The van der Waals surface area contributed by atoms with Crippen LogP contribution in [0.15, 0.2) is 77.4 Å². The van der Waals surface area contributed by atoms with Gasteiger partial charge in [-0.1, -0.05) is 113 Å². The van der Waals surface area contributed by atoms with E-state index in [1.165, 1.54) is 16.9 Å². The number of oxazole rings is 3. The zero-order valence-electron chi connectivity index (χ0n) is 39.3. The summed E-state index contributed by atoms with van der Waals surface area (Å²) in [6.45, 7) is 47.2. The van der Waals surface area contributed by atoms with Crippen LogP contribution in [-0.2, 0) is 0 Å². The van der Waals surface area contributed by atoms with Crippen molar-refractivity contribution in [3.8, 4) is 0 Å². The fourth-order valence-corrected chi connectivity index (χ4v) is 3.70. The van der Waals surface area contributed by atoms with Crippen molar-refractivity contribution in [3.63, 3.8) is 0 Å². The van der Waals surface area contributed by atoms with Crippen LogP contribution in [0.2, 0.25) is 0 Å². The largest absolute Gasteiger partial charge is 0.470 e. The summed E-state index contributed by atoms with van der Waals surface area (Å²) in [5.74, 6) is 5.97. The van der Waals surface area contributed by atoms with Gasteiger partial charge in [0.05, 0.1) is 23.3 Å². The van der Waals surface area contributed by atoms with Gasteiger partial charge in [0.15, 0.2) is 17.7 Å².